The van der Waals surface area contributed by atoms with Crippen LogP contribution in [0.2, 0.25) is 0 Å². The van der Waals surface area contributed by atoms with Crippen molar-refractivity contribution in [3.63, 3.8) is 0 Å². The van der Waals surface area contributed by atoms with Crippen LogP contribution in [0.5, 0.6) is 5.75 Å². The lowest BCUT2D eigenvalue weighted by Gasteiger charge is -2.25. The van der Waals surface area contributed by atoms with Crippen molar-refractivity contribution in [1.82, 2.24) is 14.6 Å². The van der Waals surface area contributed by atoms with E-state index in [2.05, 4.69) is 5.09 Å². The number of rotatable bonds is 10. The Morgan fingerprint density at radius 2 is 1.94 bits per heavy atom. The van der Waals surface area contributed by atoms with Crippen molar-refractivity contribution in [1.29, 1.82) is 0 Å². The Balaban J connectivity index is 1.80. The predicted molar refractivity (Wildman–Crippen MR) is 125 cm³/mol. The van der Waals surface area contributed by atoms with Gasteiger partial charge in [0.05, 0.1) is 12.7 Å². The Morgan fingerprint density at radius 3 is 2.56 bits per heavy atom. The molecule has 0 saturated carbocycles. The van der Waals surface area contributed by atoms with Crippen molar-refractivity contribution in [2.24, 2.45) is 0 Å². The fourth-order valence-electron chi connectivity index (χ4n) is 3.47. The van der Waals surface area contributed by atoms with Gasteiger partial charge in [0.1, 0.15) is 24.0 Å². The summed E-state index contributed by atoms with van der Waals surface area (Å²) < 4.78 is 51.4. The van der Waals surface area contributed by atoms with Crippen LogP contribution in [0.15, 0.2) is 52.2 Å². The van der Waals surface area contributed by atoms with Crippen molar-refractivity contribution < 1.29 is 37.4 Å². The maximum Gasteiger partial charge on any atom is 0.459 e. The van der Waals surface area contributed by atoms with Crippen molar-refractivity contribution in [3.05, 3.63) is 63.4 Å². The van der Waals surface area contributed by atoms with E-state index in [4.69, 9.17) is 18.5 Å². The predicted octanol–water partition coefficient (Wildman–Crippen LogP) is 1.66. The van der Waals surface area contributed by atoms with Gasteiger partial charge in [0, 0.05) is 12.3 Å². The Morgan fingerprint density at radius 1 is 1.28 bits per heavy atom. The van der Waals surface area contributed by atoms with Crippen LogP contribution in [0.3, 0.4) is 0 Å². The van der Waals surface area contributed by atoms with Crippen molar-refractivity contribution in [2.75, 3.05) is 6.61 Å². The molecule has 0 aliphatic carbocycles. The first-order chi connectivity index (χ1) is 16.8. The Labute approximate surface area is 205 Å². The molecule has 6 atom stereocenters. The van der Waals surface area contributed by atoms with Gasteiger partial charge in [-0.3, -0.25) is 23.7 Å². The fraction of sp³-hybridized carbons (Fsp3) is 0.500. The van der Waals surface area contributed by atoms with E-state index < -0.39 is 67.8 Å². The number of halogens is 1. The van der Waals surface area contributed by atoms with Gasteiger partial charge in [0.25, 0.3) is 5.56 Å². The second kappa shape index (κ2) is 11.1. The van der Waals surface area contributed by atoms with E-state index >= 15 is 4.39 Å². The minimum Gasteiger partial charge on any atom is -0.462 e. The first kappa shape index (κ1) is 27.8. The molecule has 1 fully saturated rings. The van der Waals surface area contributed by atoms with Crippen LogP contribution in [-0.4, -0.2) is 57.3 Å². The summed E-state index contributed by atoms with van der Waals surface area (Å²) in [6.45, 7) is 5.07. The van der Waals surface area contributed by atoms with E-state index in [0.717, 1.165) is 23.8 Å². The zero-order valence-electron chi connectivity index (χ0n) is 20.1. The Hall–Kier alpha value is -2.83. The lowest BCUT2D eigenvalue weighted by molar-refractivity contribution is -0.149. The third-order valence-corrected chi connectivity index (χ3v) is 6.90. The van der Waals surface area contributed by atoms with Crippen LogP contribution >= 0.6 is 7.75 Å². The number of carbonyl (C=O) groups is 1. The summed E-state index contributed by atoms with van der Waals surface area (Å²) in [6, 6.07) is 7.86. The van der Waals surface area contributed by atoms with Gasteiger partial charge >= 0.3 is 19.4 Å². The number of hydrogen-bond acceptors (Lipinski definition) is 9. The number of aromatic amines is 1. The summed E-state index contributed by atoms with van der Waals surface area (Å²) in [4.78, 5) is 37.7. The highest BCUT2D eigenvalue weighted by Gasteiger charge is 2.55. The van der Waals surface area contributed by atoms with Gasteiger partial charge in [0.2, 0.25) is 0 Å². The molecule has 2 aromatic rings. The molecule has 1 aromatic heterocycles. The van der Waals surface area contributed by atoms with Gasteiger partial charge in [-0.1, -0.05) is 18.2 Å². The van der Waals surface area contributed by atoms with Gasteiger partial charge in [-0.05, 0) is 39.8 Å². The van der Waals surface area contributed by atoms with Crippen LogP contribution in [0.1, 0.15) is 33.9 Å². The molecule has 0 amide bonds. The third kappa shape index (κ3) is 6.48. The van der Waals surface area contributed by atoms with Crippen molar-refractivity contribution in [2.45, 2.75) is 63.9 Å². The average Bonchev–Trinajstić information content (AvgIpc) is 3.01. The quantitative estimate of drug-likeness (QED) is 0.305. The van der Waals surface area contributed by atoms with Crippen LogP contribution in [0.25, 0.3) is 0 Å². The summed E-state index contributed by atoms with van der Waals surface area (Å²) in [7, 11) is -4.30. The van der Waals surface area contributed by atoms with Crippen molar-refractivity contribution in [3.8, 4) is 5.75 Å². The maximum atomic E-state index is 15.4. The number of aliphatic hydroxyl groups excluding tert-OH is 1. The highest BCUT2D eigenvalue weighted by Crippen LogP contribution is 2.47. The first-order valence-electron chi connectivity index (χ1n) is 11.1. The number of para-hydroxylation sites is 1. The number of aromatic nitrogens is 2. The number of alkyl halides is 1. The number of benzene rings is 1. The number of nitrogens with one attached hydrogen (secondary N) is 2. The van der Waals surface area contributed by atoms with E-state index in [-0.39, 0.29) is 5.75 Å². The maximum absolute atomic E-state index is 15.4. The minimum absolute atomic E-state index is 0.152. The normalized spacial score (nSPS) is 26.4. The molecule has 0 bridgehead atoms. The number of H-pyrrole nitrogens is 1. The number of hydrogen-bond donors (Lipinski definition) is 3. The van der Waals surface area contributed by atoms with Crippen LogP contribution < -0.4 is 20.9 Å². The molecule has 1 aliphatic rings. The zero-order chi connectivity index (χ0) is 26.7. The molecule has 1 aliphatic heterocycles. The molecule has 14 heteroatoms. The number of aliphatic hydroxyl groups is 1. The molecule has 0 spiro atoms. The summed E-state index contributed by atoms with van der Waals surface area (Å²) in [6.07, 6.45) is -4.21. The first-order valence-corrected chi connectivity index (χ1v) is 12.7. The highest BCUT2D eigenvalue weighted by molar-refractivity contribution is 7.52. The summed E-state index contributed by atoms with van der Waals surface area (Å²) in [5, 5.41) is 13.0. The molecular weight excluding hydrogens is 500 g/mol. The average molecular weight is 529 g/mol. The molecule has 1 aromatic carbocycles. The van der Waals surface area contributed by atoms with E-state index in [0.29, 0.717) is 0 Å². The van der Waals surface area contributed by atoms with Gasteiger partial charge in [0.15, 0.2) is 11.9 Å². The van der Waals surface area contributed by atoms with Crippen molar-refractivity contribution >= 4 is 13.7 Å². The molecule has 198 valence electrons. The van der Waals surface area contributed by atoms with Crippen LogP contribution in [0.4, 0.5) is 4.39 Å². The molecule has 12 nitrogen and oxygen atoms in total. The molecule has 3 N–H and O–H groups in total. The molecule has 36 heavy (non-hydrogen) atoms. The second-order valence-electron chi connectivity index (χ2n) is 8.67. The van der Waals surface area contributed by atoms with Crippen LogP contribution in [0, 0.1) is 0 Å². The van der Waals surface area contributed by atoms with Gasteiger partial charge in [-0.2, -0.15) is 5.09 Å². The third-order valence-electron chi connectivity index (χ3n) is 5.26. The number of nitrogens with zero attached hydrogens (tertiary/aromatic N) is 1. The lowest BCUT2D eigenvalue weighted by atomic mass is 9.98. The number of ether oxygens (including phenoxy) is 2. The molecule has 3 rings (SSSR count). The minimum atomic E-state index is -4.30. The molecule has 1 unspecified atom stereocenters. The topological polar surface area (TPSA) is 158 Å². The van der Waals surface area contributed by atoms with Gasteiger partial charge in [-0.15, -0.1) is 0 Å². The Kier molecular flexibility index (Phi) is 8.52. The lowest BCUT2D eigenvalue weighted by Crippen LogP contribution is -2.43. The summed E-state index contributed by atoms with van der Waals surface area (Å²) in [5.41, 5.74) is -4.12. The van der Waals surface area contributed by atoms with E-state index in [1.165, 1.54) is 19.1 Å². The van der Waals surface area contributed by atoms with Gasteiger partial charge in [-0.25, -0.2) is 13.8 Å². The van der Waals surface area contributed by atoms with Crippen LogP contribution in [-0.2, 0) is 23.4 Å². The molecular formula is C22H29FN3O9P. The number of esters is 1. The molecule has 1 saturated heterocycles. The molecule has 2 heterocycles. The second-order valence-corrected chi connectivity index (χ2v) is 10.4. The van der Waals surface area contributed by atoms with E-state index in [9.17, 15) is 24.1 Å². The van der Waals surface area contributed by atoms with Gasteiger partial charge < -0.3 is 19.1 Å². The number of carbonyl (C=O) groups excluding carboxylic acids is 1. The summed E-state index contributed by atoms with van der Waals surface area (Å²) in [5.74, 6) is -0.560. The van der Waals surface area contributed by atoms with E-state index in [1.807, 2.05) is 4.98 Å². The summed E-state index contributed by atoms with van der Waals surface area (Å²) >= 11 is 0. The zero-order valence-corrected chi connectivity index (χ0v) is 21.0. The molecule has 0 radical (unpaired) electrons. The smallest absolute Gasteiger partial charge is 0.459 e. The Bertz CT molecular complexity index is 1220. The standard InChI is InChI=1S/C22H29FN3O9P/c1-13(2)33-19(29)14(3)25-36(31,35-15-8-6-5-7-9-15)32-12-16-18(28)22(4,23)20(34-16)26-11-10-17(27)24-21(26)30/h5-11,13-14,16,18,20,28H,12H2,1-4H3,(H,25,31)(H,24,27,30)/t14-,16+,18-,20+,22+,36?/m0/s1. The SMILES string of the molecule is CC(C)OC(=O)[C@H](C)NP(=O)(OC[C@H]1O[C@@H](n2ccc(=O)[nH]c2=O)[C@](C)(F)[C@H]1O)Oc1ccccc1. The highest BCUT2D eigenvalue weighted by atomic mass is 31.2. The largest absolute Gasteiger partial charge is 0.462 e. The monoisotopic (exact) mass is 529 g/mol. The van der Waals surface area contributed by atoms with E-state index in [1.54, 1.807) is 32.0 Å². The fourth-order valence-corrected chi connectivity index (χ4v) is 4.97.